The molecule has 1 fully saturated rings. The summed E-state index contributed by atoms with van der Waals surface area (Å²) in [5.74, 6) is -0.204. The summed E-state index contributed by atoms with van der Waals surface area (Å²) in [7, 11) is 0. The number of aromatic nitrogens is 4. The van der Waals surface area contributed by atoms with E-state index in [1.54, 1.807) is 18.2 Å². The predicted molar refractivity (Wildman–Crippen MR) is 99.2 cm³/mol. The van der Waals surface area contributed by atoms with E-state index in [1.807, 2.05) is 5.38 Å². The Morgan fingerprint density at radius 3 is 2.88 bits per heavy atom. The highest BCUT2D eigenvalue weighted by Crippen LogP contribution is 2.20. The van der Waals surface area contributed by atoms with Crippen molar-refractivity contribution in [2.45, 2.75) is 32.6 Å². The lowest BCUT2D eigenvalue weighted by Crippen LogP contribution is -2.44. The van der Waals surface area contributed by atoms with E-state index >= 15 is 0 Å². The highest BCUT2D eigenvalue weighted by atomic mass is 32.1. The van der Waals surface area contributed by atoms with Crippen LogP contribution in [0, 0.1) is 0 Å². The molecule has 0 unspecified atom stereocenters. The molecule has 3 aromatic rings. The predicted octanol–water partition coefficient (Wildman–Crippen LogP) is 2.28. The van der Waals surface area contributed by atoms with Crippen LogP contribution in [0.5, 0.6) is 0 Å². The summed E-state index contributed by atoms with van der Waals surface area (Å²) >= 11 is 1.43. The number of anilines is 1. The molecular weight excluding hydrogens is 352 g/mol. The van der Waals surface area contributed by atoms with Gasteiger partial charge in [-0.1, -0.05) is 0 Å². The van der Waals surface area contributed by atoms with Gasteiger partial charge in [0.15, 0.2) is 5.13 Å². The Balaban J connectivity index is 1.40. The maximum absolute atomic E-state index is 12.4. The molecule has 1 saturated heterocycles. The van der Waals surface area contributed by atoms with Gasteiger partial charge in [0.05, 0.1) is 17.9 Å². The minimum Gasteiger partial charge on any atom is -0.373 e. The lowest BCUT2D eigenvalue weighted by molar-refractivity contribution is -0.0707. The number of carbonyl (C=O) groups excluding carboxylic acids is 1. The second kappa shape index (κ2) is 7.10. The van der Waals surface area contributed by atoms with Crippen LogP contribution in [0.4, 0.5) is 5.13 Å². The molecule has 26 heavy (non-hydrogen) atoms. The van der Waals surface area contributed by atoms with E-state index in [4.69, 9.17) is 4.74 Å². The first kappa shape index (κ1) is 17.1. The number of nitrogens with one attached hydrogen (secondary N) is 2. The van der Waals surface area contributed by atoms with Gasteiger partial charge in [0.1, 0.15) is 11.0 Å². The zero-order chi connectivity index (χ0) is 18.1. The first-order chi connectivity index (χ1) is 12.6. The van der Waals surface area contributed by atoms with E-state index in [9.17, 15) is 4.79 Å². The molecule has 9 heteroatoms. The average molecular weight is 372 g/mol. The van der Waals surface area contributed by atoms with Gasteiger partial charge < -0.3 is 4.74 Å². The number of thiazole rings is 1. The highest BCUT2D eigenvalue weighted by Gasteiger charge is 2.22. The molecule has 2 atom stereocenters. The molecule has 8 nitrogen and oxygen atoms in total. The number of amides is 1. The van der Waals surface area contributed by atoms with Gasteiger partial charge in [0.2, 0.25) is 0 Å². The number of benzene rings is 1. The van der Waals surface area contributed by atoms with Crippen LogP contribution in [0.3, 0.4) is 0 Å². The number of ether oxygens (including phenoxy) is 1. The number of morpholine rings is 1. The molecule has 4 rings (SSSR count). The van der Waals surface area contributed by atoms with Crippen LogP contribution in [0.1, 0.15) is 29.9 Å². The molecule has 2 aromatic heterocycles. The number of hydrogen-bond acceptors (Lipinski definition) is 7. The Hall–Kier alpha value is -2.36. The number of rotatable bonds is 4. The average Bonchev–Trinajstić information content (AvgIpc) is 3.22. The summed E-state index contributed by atoms with van der Waals surface area (Å²) in [5.41, 5.74) is 2.87. The van der Waals surface area contributed by atoms with Crippen molar-refractivity contribution in [3.05, 3.63) is 34.8 Å². The molecule has 1 aliphatic rings. The third-order valence-electron chi connectivity index (χ3n) is 4.23. The largest absolute Gasteiger partial charge is 0.373 e. The van der Waals surface area contributed by atoms with E-state index in [0.29, 0.717) is 16.2 Å². The molecule has 1 amide bonds. The second-order valence-corrected chi connectivity index (χ2v) is 7.43. The Morgan fingerprint density at radius 1 is 1.31 bits per heavy atom. The number of aromatic amines is 1. The Morgan fingerprint density at radius 2 is 2.08 bits per heavy atom. The van der Waals surface area contributed by atoms with Crippen molar-refractivity contribution in [3.63, 3.8) is 0 Å². The molecule has 1 aliphatic heterocycles. The minimum absolute atomic E-state index is 0.204. The monoisotopic (exact) mass is 372 g/mol. The van der Waals surface area contributed by atoms with Crippen LogP contribution in [0.2, 0.25) is 0 Å². The smallest absolute Gasteiger partial charge is 0.257 e. The summed E-state index contributed by atoms with van der Waals surface area (Å²) in [4.78, 5) is 19.3. The molecule has 136 valence electrons. The Kier molecular flexibility index (Phi) is 4.66. The second-order valence-electron chi connectivity index (χ2n) is 6.58. The maximum Gasteiger partial charge on any atom is 0.257 e. The quantitative estimate of drug-likeness (QED) is 0.729. The van der Waals surface area contributed by atoms with Gasteiger partial charge >= 0.3 is 0 Å². The molecule has 0 bridgehead atoms. The van der Waals surface area contributed by atoms with Gasteiger partial charge in [-0.05, 0) is 32.0 Å². The van der Waals surface area contributed by atoms with Crippen LogP contribution in [0.25, 0.3) is 11.0 Å². The molecular formula is C17H20N6O2S. The number of H-pyrrole nitrogens is 1. The topological polar surface area (TPSA) is 96.0 Å². The van der Waals surface area contributed by atoms with Crippen LogP contribution < -0.4 is 5.32 Å². The van der Waals surface area contributed by atoms with E-state index < -0.39 is 0 Å². The first-order valence-corrected chi connectivity index (χ1v) is 9.39. The maximum atomic E-state index is 12.4. The third kappa shape index (κ3) is 3.74. The molecule has 0 aliphatic carbocycles. The first-order valence-electron chi connectivity index (χ1n) is 8.51. The number of fused-ring (bicyclic) bond motifs is 1. The van der Waals surface area contributed by atoms with Crippen LogP contribution in [-0.2, 0) is 11.3 Å². The van der Waals surface area contributed by atoms with Crippen molar-refractivity contribution in [1.82, 2.24) is 25.3 Å². The van der Waals surface area contributed by atoms with Crippen LogP contribution >= 0.6 is 11.3 Å². The van der Waals surface area contributed by atoms with Crippen molar-refractivity contribution >= 4 is 33.4 Å². The van der Waals surface area contributed by atoms with E-state index in [0.717, 1.165) is 30.8 Å². The fourth-order valence-electron chi connectivity index (χ4n) is 3.23. The Labute approximate surface area is 154 Å². The van der Waals surface area contributed by atoms with Gasteiger partial charge in [0, 0.05) is 30.6 Å². The lowest BCUT2D eigenvalue weighted by Gasteiger charge is -2.34. The molecule has 0 saturated carbocycles. The van der Waals surface area contributed by atoms with Gasteiger partial charge in [-0.2, -0.15) is 15.4 Å². The summed E-state index contributed by atoms with van der Waals surface area (Å²) in [6.45, 7) is 6.71. The van der Waals surface area contributed by atoms with Crippen molar-refractivity contribution < 1.29 is 9.53 Å². The van der Waals surface area contributed by atoms with Gasteiger partial charge in [-0.25, -0.2) is 4.98 Å². The van der Waals surface area contributed by atoms with Gasteiger partial charge in [-0.15, -0.1) is 11.3 Å². The fourth-order valence-corrected chi connectivity index (χ4v) is 3.93. The lowest BCUT2D eigenvalue weighted by atomic mass is 10.2. The van der Waals surface area contributed by atoms with E-state index in [2.05, 4.69) is 44.5 Å². The van der Waals surface area contributed by atoms with Crippen molar-refractivity contribution in [1.29, 1.82) is 0 Å². The van der Waals surface area contributed by atoms with E-state index in [1.165, 1.54) is 11.3 Å². The van der Waals surface area contributed by atoms with Crippen molar-refractivity contribution in [2.75, 3.05) is 18.4 Å². The Bertz CT molecular complexity index is 913. The van der Waals surface area contributed by atoms with Gasteiger partial charge in [0.25, 0.3) is 5.91 Å². The molecule has 2 N–H and O–H groups in total. The standard InChI is InChI=1S/C17H20N6O2S/c1-10-6-23(7-11(2)25-10)8-13-9-26-17(18-13)19-16(24)12-3-4-14-15(5-12)21-22-20-14/h3-5,9-11H,6-8H2,1-2H3,(H,18,19,24)(H,20,21,22)/t10-,11-/m0/s1. The molecule has 0 spiro atoms. The number of hydrogen-bond donors (Lipinski definition) is 2. The zero-order valence-corrected chi connectivity index (χ0v) is 15.4. The zero-order valence-electron chi connectivity index (χ0n) is 14.6. The van der Waals surface area contributed by atoms with Crippen LogP contribution in [-0.4, -0.2) is 56.5 Å². The highest BCUT2D eigenvalue weighted by molar-refractivity contribution is 7.13. The number of nitrogens with zero attached hydrogens (tertiary/aromatic N) is 4. The summed E-state index contributed by atoms with van der Waals surface area (Å²) < 4.78 is 5.76. The normalized spacial score (nSPS) is 21.2. The molecule has 0 radical (unpaired) electrons. The summed E-state index contributed by atoms with van der Waals surface area (Å²) in [6, 6.07) is 5.20. The number of carbonyl (C=O) groups is 1. The molecule has 1 aromatic carbocycles. The summed E-state index contributed by atoms with van der Waals surface area (Å²) in [6.07, 6.45) is 0.450. The van der Waals surface area contributed by atoms with Crippen LogP contribution in [0.15, 0.2) is 23.6 Å². The van der Waals surface area contributed by atoms with Gasteiger partial charge in [-0.3, -0.25) is 15.0 Å². The minimum atomic E-state index is -0.204. The van der Waals surface area contributed by atoms with Crippen molar-refractivity contribution in [2.24, 2.45) is 0 Å². The van der Waals surface area contributed by atoms with Crippen molar-refractivity contribution in [3.8, 4) is 0 Å². The third-order valence-corrected chi connectivity index (χ3v) is 5.04. The SMILES string of the molecule is C[C@H]1CN(Cc2csc(NC(=O)c3ccc4n[nH]nc4c3)n2)C[C@H](C)O1. The van der Waals surface area contributed by atoms with E-state index in [-0.39, 0.29) is 18.1 Å². The summed E-state index contributed by atoms with van der Waals surface area (Å²) in [5, 5.41) is 16.0. The fraction of sp³-hybridized carbons (Fsp3) is 0.412. The molecule has 3 heterocycles.